The van der Waals surface area contributed by atoms with Crippen LogP contribution in [-0.2, 0) is 0 Å². The van der Waals surface area contributed by atoms with Gasteiger partial charge in [0.15, 0.2) is 0 Å². The highest BCUT2D eigenvalue weighted by Crippen LogP contribution is 2.41. The number of benzene rings is 1. The minimum absolute atomic E-state index is 0.0369. The van der Waals surface area contributed by atoms with Crippen molar-refractivity contribution in [1.29, 1.82) is 0 Å². The molecule has 1 aromatic rings. The lowest BCUT2D eigenvalue weighted by molar-refractivity contribution is -0.0627. The number of aryl methyl sites for hydroxylation is 1. The van der Waals surface area contributed by atoms with Gasteiger partial charge in [-0.3, -0.25) is 0 Å². The highest BCUT2D eigenvalue weighted by molar-refractivity contribution is 5.34. The smallest absolute Gasteiger partial charge is 0.248 e. The van der Waals surface area contributed by atoms with Gasteiger partial charge in [0.2, 0.25) is 5.92 Å². The van der Waals surface area contributed by atoms with E-state index in [9.17, 15) is 13.9 Å². The van der Waals surface area contributed by atoms with Crippen molar-refractivity contribution < 1.29 is 13.9 Å². The van der Waals surface area contributed by atoms with E-state index in [-0.39, 0.29) is 18.8 Å². The van der Waals surface area contributed by atoms with E-state index in [4.69, 9.17) is 0 Å². The molecule has 1 fully saturated rings. The zero-order chi connectivity index (χ0) is 13.3. The zero-order valence-electron chi connectivity index (χ0n) is 10.9. The quantitative estimate of drug-likeness (QED) is 0.840. The van der Waals surface area contributed by atoms with Gasteiger partial charge in [-0.25, -0.2) is 8.78 Å². The van der Waals surface area contributed by atoms with Gasteiger partial charge in [-0.2, -0.15) is 0 Å². The van der Waals surface area contributed by atoms with Crippen molar-refractivity contribution in [3.8, 4) is 0 Å². The van der Waals surface area contributed by atoms with Crippen molar-refractivity contribution in [2.75, 3.05) is 0 Å². The predicted octanol–water partition coefficient (Wildman–Crippen LogP) is 4.16. The van der Waals surface area contributed by atoms with Gasteiger partial charge in [-0.05, 0) is 49.3 Å². The first-order chi connectivity index (χ1) is 8.41. The minimum atomic E-state index is -2.53. The van der Waals surface area contributed by atoms with Crippen LogP contribution in [0.3, 0.4) is 0 Å². The van der Waals surface area contributed by atoms with Crippen LogP contribution in [0.1, 0.15) is 48.5 Å². The topological polar surface area (TPSA) is 20.2 Å². The van der Waals surface area contributed by atoms with Crippen molar-refractivity contribution in [1.82, 2.24) is 0 Å². The summed E-state index contributed by atoms with van der Waals surface area (Å²) in [5.74, 6) is -2.57. The van der Waals surface area contributed by atoms with Crippen molar-refractivity contribution >= 4 is 0 Å². The van der Waals surface area contributed by atoms with E-state index >= 15 is 0 Å². The first kappa shape index (κ1) is 13.5. The summed E-state index contributed by atoms with van der Waals surface area (Å²) in [7, 11) is 0. The van der Waals surface area contributed by atoms with Crippen LogP contribution in [0.5, 0.6) is 0 Å². The second kappa shape index (κ2) is 4.96. The summed E-state index contributed by atoms with van der Waals surface area (Å²) in [6.07, 6.45) is 0.00318. The van der Waals surface area contributed by atoms with Gasteiger partial charge in [0, 0.05) is 12.8 Å². The third kappa shape index (κ3) is 2.72. The van der Waals surface area contributed by atoms with E-state index < -0.39 is 12.0 Å². The first-order valence-electron chi connectivity index (χ1n) is 6.53. The fourth-order valence-electron chi connectivity index (χ4n) is 2.73. The number of halogens is 2. The molecule has 0 aromatic heterocycles. The maximum Gasteiger partial charge on any atom is 0.248 e. The molecule has 2 rings (SSSR count). The van der Waals surface area contributed by atoms with E-state index in [1.54, 1.807) is 0 Å². The normalized spacial score (nSPS) is 21.8. The maximum absolute atomic E-state index is 13.1. The van der Waals surface area contributed by atoms with Crippen LogP contribution >= 0.6 is 0 Å². The largest absolute Gasteiger partial charge is 0.388 e. The van der Waals surface area contributed by atoms with E-state index in [1.165, 1.54) is 0 Å². The first-order valence-corrected chi connectivity index (χ1v) is 6.53. The molecule has 1 aliphatic rings. The number of aliphatic hydroxyl groups is 1. The van der Waals surface area contributed by atoms with Crippen LogP contribution in [0.15, 0.2) is 18.2 Å². The molecule has 18 heavy (non-hydrogen) atoms. The Labute approximate surface area is 107 Å². The summed E-state index contributed by atoms with van der Waals surface area (Å²) in [6.45, 7) is 3.98. The highest BCUT2D eigenvalue weighted by Gasteiger charge is 2.37. The molecular formula is C15H20F2O. The van der Waals surface area contributed by atoms with Gasteiger partial charge >= 0.3 is 0 Å². The summed E-state index contributed by atoms with van der Waals surface area (Å²) >= 11 is 0. The maximum atomic E-state index is 13.1. The van der Waals surface area contributed by atoms with Crippen LogP contribution in [0.25, 0.3) is 0 Å². The van der Waals surface area contributed by atoms with Gasteiger partial charge in [-0.15, -0.1) is 0 Å². The Kier molecular flexibility index (Phi) is 3.71. The Morgan fingerprint density at radius 2 is 1.83 bits per heavy atom. The Morgan fingerprint density at radius 1 is 1.22 bits per heavy atom. The summed E-state index contributed by atoms with van der Waals surface area (Å²) in [5.41, 5.74) is 3.10. The summed E-state index contributed by atoms with van der Waals surface area (Å²) in [4.78, 5) is 0. The van der Waals surface area contributed by atoms with Crippen LogP contribution in [0.2, 0.25) is 0 Å². The Bertz CT molecular complexity index is 419. The second-order valence-electron chi connectivity index (χ2n) is 5.43. The molecule has 1 atom stereocenters. The Hall–Kier alpha value is -0.960. The third-order valence-electron chi connectivity index (χ3n) is 4.17. The predicted molar refractivity (Wildman–Crippen MR) is 67.8 cm³/mol. The van der Waals surface area contributed by atoms with E-state index in [1.807, 2.05) is 32.0 Å². The molecule has 1 unspecified atom stereocenters. The van der Waals surface area contributed by atoms with Crippen molar-refractivity contribution in [3.63, 3.8) is 0 Å². The van der Waals surface area contributed by atoms with Crippen LogP contribution < -0.4 is 0 Å². The molecule has 1 aromatic carbocycles. The van der Waals surface area contributed by atoms with E-state index in [0.29, 0.717) is 12.8 Å². The van der Waals surface area contributed by atoms with Crippen molar-refractivity contribution in [2.45, 2.75) is 51.6 Å². The number of hydrogen-bond acceptors (Lipinski definition) is 1. The fraction of sp³-hybridized carbons (Fsp3) is 0.600. The number of rotatable bonds is 2. The second-order valence-corrected chi connectivity index (χ2v) is 5.43. The number of alkyl halides is 2. The molecule has 1 saturated carbocycles. The molecule has 3 heteroatoms. The molecule has 1 aliphatic carbocycles. The molecule has 0 radical (unpaired) electrons. The SMILES string of the molecule is Cc1cccc(C(O)C2CCC(F)(F)CC2)c1C. The summed E-state index contributed by atoms with van der Waals surface area (Å²) in [5, 5.41) is 10.4. The number of aliphatic hydroxyl groups excluding tert-OH is 1. The van der Waals surface area contributed by atoms with Crippen LogP contribution in [0.4, 0.5) is 8.78 Å². The summed E-state index contributed by atoms with van der Waals surface area (Å²) < 4.78 is 26.2. The van der Waals surface area contributed by atoms with E-state index in [0.717, 1.165) is 16.7 Å². The minimum Gasteiger partial charge on any atom is -0.388 e. The highest BCUT2D eigenvalue weighted by atomic mass is 19.3. The average Bonchev–Trinajstić information content (AvgIpc) is 2.32. The number of hydrogen-bond donors (Lipinski definition) is 1. The van der Waals surface area contributed by atoms with Crippen LogP contribution in [0, 0.1) is 19.8 Å². The van der Waals surface area contributed by atoms with Crippen molar-refractivity contribution in [3.05, 3.63) is 34.9 Å². The Morgan fingerprint density at radius 3 is 2.44 bits per heavy atom. The lowest BCUT2D eigenvalue weighted by Gasteiger charge is -2.32. The van der Waals surface area contributed by atoms with Crippen LogP contribution in [-0.4, -0.2) is 11.0 Å². The van der Waals surface area contributed by atoms with Gasteiger partial charge in [0.1, 0.15) is 0 Å². The Balaban J connectivity index is 2.12. The molecule has 0 aliphatic heterocycles. The molecular weight excluding hydrogens is 234 g/mol. The molecule has 0 heterocycles. The average molecular weight is 254 g/mol. The molecule has 0 spiro atoms. The molecule has 0 amide bonds. The molecule has 1 nitrogen and oxygen atoms in total. The summed E-state index contributed by atoms with van der Waals surface area (Å²) in [6, 6.07) is 5.82. The third-order valence-corrected chi connectivity index (χ3v) is 4.17. The molecule has 1 N–H and O–H groups in total. The van der Waals surface area contributed by atoms with Crippen molar-refractivity contribution in [2.24, 2.45) is 5.92 Å². The molecule has 0 bridgehead atoms. The van der Waals surface area contributed by atoms with Gasteiger partial charge < -0.3 is 5.11 Å². The van der Waals surface area contributed by atoms with Gasteiger partial charge in [0.25, 0.3) is 0 Å². The molecule has 0 saturated heterocycles. The zero-order valence-corrected chi connectivity index (χ0v) is 10.9. The van der Waals surface area contributed by atoms with Gasteiger partial charge in [0.05, 0.1) is 6.10 Å². The molecule has 100 valence electrons. The lowest BCUT2D eigenvalue weighted by atomic mass is 9.80. The standard InChI is InChI=1S/C15H20F2O/c1-10-4-3-5-13(11(10)2)14(18)12-6-8-15(16,17)9-7-12/h3-5,12,14,18H,6-9H2,1-2H3. The van der Waals surface area contributed by atoms with E-state index in [2.05, 4.69) is 0 Å². The monoisotopic (exact) mass is 254 g/mol. The fourth-order valence-corrected chi connectivity index (χ4v) is 2.73. The lowest BCUT2D eigenvalue weighted by Crippen LogP contribution is -2.28. The van der Waals surface area contributed by atoms with Gasteiger partial charge in [-0.1, -0.05) is 18.2 Å².